The summed E-state index contributed by atoms with van der Waals surface area (Å²) in [7, 11) is 0. The van der Waals surface area contributed by atoms with E-state index in [9.17, 15) is 9.59 Å². The van der Waals surface area contributed by atoms with Gasteiger partial charge in [-0.15, -0.1) is 0 Å². The number of aromatic nitrogens is 3. The molecule has 4 heterocycles. The highest BCUT2D eigenvalue weighted by Gasteiger charge is 2.19. The van der Waals surface area contributed by atoms with Crippen molar-refractivity contribution >= 4 is 22.5 Å². The molecule has 0 fully saturated rings. The zero-order chi connectivity index (χ0) is 19.0. The molecule has 0 aromatic carbocycles. The zero-order valence-corrected chi connectivity index (χ0v) is 15.2. The van der Waals surface area contributed by atoms with Gasteiger partial charge in [-0.3, -0.25) is 14.0 Å². The number of aryl methyl sites for hydroxylation is 1. The van der Waals surface area contributed by atoms with Gasteiger partial charge in [-0.25, -0.2) is 4.68 Å². The number of carbonyl (C=O) groups excluding carboxylic acids is 1. The highest BCUT2D eigenvalue weighted by atomic mass is 16.3. The molecule has 0 aliphatic rings. The van der Waals surface area contributed by atoms with Crippen LogP contribution < -0.4 is 5.56 Å². The van der Waals surface area contributed by atoms with Gasteiger partial charge >= 0.3 is 0 Å². The summed E-state index contributed by atoms with van der Waals surface area (Å²) >= 11 is 0. The van der Waals surface area contributed by atoms with E-state index in [-0.39, 0.29) is 18.0 Å². The quantitative estimate of drug-likeness (QED) is 0.522. The molecule has 8 heteroatoms. The number of carbonyl (C=O) groups is 1. The lowest BCUT2D eigenvalue weighted by Gasteiger charge is -2.20. The molecular weight excluding hydrogens is 348 g/mol. The van der Waals surface area contributed by atoms with Crippen molar-refractivity contribution < 1.29 is 13.6 Å². The summed E-state index contributed by atoms with van der Waals surface area (Å²) in [5, 5.41) is 4.43. The lowest BCUT2D eigenvalue weighted by atomic mass is 10.3. The lowest BCUT2D eigenvalue weighted by molar-refractivity contribution is -0.132. The average Bonchev–Trinajstić information content (AvgIpc) is 3.39. The van der Waals surface area contributed by atoms with Crippen molar-refractivity contribution in [1.29, 1.82) is 0 Å². The van der Waals surface area contributed by atoms with Crippen molar-refractivity contribution in [2.45, 2.75) is 33.4 Å². The molecule has 0 radical (unpaired) electrons. The number of likely N-dealkylation sites (N-methyl/N-ethyl adjacent to an activating group) is 1. The van der Waals surface area contributed by atoms with Gasteiger partial charge in [0.05, 0.1) is 24.6 Å². The molecule has 0 spiro atoms. The van der Waals surface area contributed by atoms with E-state index in [2.05, 4.69) is 5.10 Å². The van der Waals surface area contributed by atoms with E-state index in [4.69, 9.17) is 8.83 Å². The summed E-state index contributed by atoms with van der Waals surface area (Å²) in [6, 6.07) is 7.10. The monoisotopic (exact) mass is 368 g/mol. The van der Waals surface area contributed by atoms with Crippen LogP contribution in [0.15, 0.2) is 50.4 Å². The van der Waals surface area contributed by atoms with Gasteiger partial charge in [0.2, 0.25) is 5.91 Å². The first kappa shape index (κ1) is 17.1. The van der Waals surface area contributed by atoms with Crippen molar-refractivity contribution in [3.05, 3.63) is 58.7 Å². The molecule has 4 aromatic rings. The third-order valence-corrected chi connectivity index (χ3v) is 4.63. The minimum Gasteiger partial charge on any atom is -0.467 e. The van der Waals surface area contributed by atoms with Gasteiger partial charge in [0.1, 0.15) is 23.6 Å². The molecule has 0 saturated carbocycles. The maximum Gasteiger partial charge on any atom is 0.291 e. The molecule has 0 aliphatic heterocycles. The highest BCUT2D eigenvalue weighted by Crippen LogP contribution is 2.20. The molecule has 0 N–H and O–H groups in total. The van der Waals surface area contributed by atoms with Gasteiger partial charge in [0.25, 0.3) is 5.56 Å². The zero-order valence-electron chi connectivity index (χ0n) is 15.2. The molecule has 4 rings (SSSR count). The van der Waals surface area contributed by atoms with E-state index in [1.165, 1.54) is 4.68 Å². The van der Waals surface area contributed by atoms with E-state index >= 15 is 0 Å². The molecular formula is C19H20N4O4. The van der Waals surface area contributed by atoms with Crippen LogP contribution in [0.1, 0.15) is 25.4 Å². The number of hydrogen-bond acceptors (Lipinski definition) is 5. The smallest absolute Gasteiger partial charge is 0.291 e. The minimum atomic E-state index is -0.319. The molecule has 0 aliphatic carbocycles. The van der Waals surface area contributed by atoms with Crippen molar-refractivity contribution in [3.8, 4) is 0 Å². The van der Waals surface area contributed by atoms with Crippen molar-refractivity contribution in [3.63, 3.8) is 0 Å². The van der Waals surface area contributed by atoms with Gasteiger partial charge in [-0.1, -0.05) is 6.92 Å². The first-order chi connectivity index (χ1) is 13.1. The van der Waals surface area contributed by atoms with Crippen molar-refractivity contribution in [1.82, 2.24) is 19.1 Å². The molecule has 0 atom stereocenters. The van der Waals surface area contributed by atoms with Crippen LogP contribution in [0.2, 0.25) is 0 Å². The maximum atomic E-state index is 12.9. The Labute approximate surface area is 154 Å². The first-order valence-corrected chi connectivity index (χ1v) is 8.91. The molecule has 1 amide bonds. The van der Waals surface area contributed by atoms with E-state index in [0.717, 1.165) is 5.52 Å². The summed E-state index contributed by atoms with van der Waals surface area (Å²) < 4.78 is 13.8. The molecule has 140 valence electrons. The predicted molar refractivity (Wildman–Crippen MR) is 98.4 cm³/mol. The Morgan fingerprint density at radius 2 is 2.04 bits per heavy atom. The van der Waals surface area contributed by atoms with E-state index in [0.29, 0.717) is 42.2 Å². The summed E-state index contributed by atoms with van der Waals surface area (Å²) in [5.41, 5.74) is 1.57. The SMILES string of the molecule is CCc1nn(CC(=O)N(CC)Cc2ccco2)c(=O)c2cc3occc3n12. The van der Waals surface area contributed by atoms with Crippen LogP contribution in [0.3, 0.4) is 0 Å². The van der Waals surface area contributed by atoms with Crippen LogP contribution >= 0.6 is 0 Å². The van der Waals surface area contributed by atoms with E-state index < -0.39 is 0 Å². The van der Waals surface area contributed by atoms with Crippen LogP contribution in [0, 0.1) is 0 Å². The predicted octanol–water partition coefficient (Wildman–Crippen LogP) is 2.45. The Morgan fingerprint density at radius 1 is 1.19 bits per heavy atom. The second-order valence-corrected chi connectivity index (χ2v) is 6.25. The fourth-order valence-corrected chi connectivity index (χ4v) is 3.25. The number of nitrogens with zero attached hydrogens (tertiary/aromatic N) is 4. The van der Waals surface area contributed by atoms with E-state index in [1.54, 1.807) is 40.0 Å². The largest absolute Gasteiger partial charge is 0.467 e. The van der Waals surface area contributed by atoms with Gasteiger partial charge in [-0.05, 0) is 19.1 Å². The molecule has 27 heavy (non-hydrogen) atoms. The number of fused-ring (bicyclic) bond motifs is 3. The van der Waals surface area contributed by atoms with Crippen LogP contribution in [-0.2, 0) is 24.3 Å². The Kier molecular flexibility index (Phi) is 4.31. The fourth-order valence-electron chi connectivity index (χ4n) is 3.25. The number of amides is 1. The number of rotatable bonds is 6. The average molecular weight is 368 g/mol. The van der Waals surface area contributed by atoms with Gasteiger partial charge in [0, 0.05) is 25.1 Å². The summed E-state index contributed by atoms with van der Waals surface area (Å²) in [6.07, 6.45) is 3.77. The second-order valence-electron chi connectivity index (χ2n) is 6.25. The highest BCUT2D eigenvalue weighted by molar-refractivity contribution is 5.82. The molecule has 4 aromatic heterocycles. The molecule has 0 saturated heterocycles. The standard InChI is InChI=1S/C19H20N4O4/c1-3-17-20-22(12-18(24)21(4-2)11-13-6-5-8-26-13)19(25)15-10-16-14(23(15)17)7-9-27-16/h5-10H,3-4,11-12H2,1-2H3. The van der Waals surface area contributed by atoms with Crippen molar-refractivity contribution in [2.24, 2.45) is 0 Å². The van der Waals surface area contributed by atoms with Gasteiger partial charge in [-0.2, -0.15) is 5.10 Å². The normalized spacial score (nSPS) is 11.5. The van der Waals surface area contributed by atoms with Crippen LogP contribution in [0.25, 0.3) is 16.6 Å². The van der Waals surface area contributed by atoms with Gasteiger partial charge < -0.3 is 13.7 Å². The lowest BCUT2D eigenvalue weighted by Crippen LogP contribution is -2.37. The third kappa shape index (κ3) is 2.92. The molecule has 8 nitrogen and oxygen atoms in total. The second kappa shape index (κ2) is 6.79. The number of hydrogen-bond donors (Lipinski definition) is 0. The van der Waals surface area contributed by atoms with Crippen LogP contribution in [-0.4, -0.2) is 31.5 Å². The minimum absolute atomic E-state index is 0.122. The summed E-state index contributed by atoms with van der Waals surface area (Å²) in [4.78, 5) is 27.2. The van der Waals surface area contributed by atoms with Crippen LogP contribution in [0.4, 0.5) is 0 Å². The van der Waals surface area contributed by atoms with Crippen molar-refractivity contribution in [2.75, 3.05) is 6.54 Å². The maximum absolute atomic E-state index is 12.9. The third-order valence-electron chi connectivity index (χ3n) is 4.63. The number of furan rings is 2. The van der Waals surface area contributed by atoms with Gasteiger partial charge in [0.15, 0.2) is 5.58 Å². The molecule has 0 bridgehead atoms. The molecule has 0 unspecified atom stereocenters. The fraction of sp³-hybridized carbons (Fsp3) is 0.316. The van der Waals surface area contributed by atoms with E-state index in [1.807, 2.05) is 19.9 Å². The Bertz CT molecular complexity index is 1150. The van der Waals surface area contributed by atoms with Crippen LogP contribution in [0.5, 0.6) is 0 Å². The first-order valence-electron chi connectivity index (χ1n) is 8.91. The Balaban J connectivity index is 1.69. The summed E-state index contributed by atoms with van der Waals surface area (Å²) in [6.45, 7) is 4.59. The topological polar surface area (TPSA) is 85.9 Å². The Morgan fingerprint density at radius 3 is 2.74 bits per heavy atom. The summed E-state index contributed by atoms with van der Waals surface area (Å²) in [5.74, 6) is 1.20. The Hall–Kier alpha value is -3.29.